The third-order valence-corrected chi connectivity index (χ3v) is 5.83. The smallest absolute Gasteiger partial charge is 0.253 e. The van der Waals surface area contributed by atoms with Crippen molar-refractivity contribution in [1.29, 1.82) is 0 Å². The van der Waals surface area contributed by atoms with Crippen molar-refractivity contribution in [2.45, 2.75) is 26.2 Å². The van der Waals surface area contributed by atoms with E-state index in [0.717, 1.165) is 18.6 Å². The molecule has 0 saturated carbocycles. The van der Waals surface area contributed by atoms with Crippen LogP contribution < -0.4 is 10.1 Å². The van der Waals surface area contributed by atoms with Crippen molar-refractivity contribution >= 4 is 17.7 Å². The molecule has 1 N–H and O–H groups in total. The zero-order valence-electron chi connectivity index (χ0n) is 16.6. The number of hydrogen-bond acceptors (Lipinski definition) is 4. The minimum atomic E-state index is -0.0800. The summed E-state index contributed by atoms with van der Waals surface area (Å²) in [5.74, 6) is 1.52. The number of likely N-dealkylation sites (tertiary alicyclic amines) is 2. The highest BCUT2D eigenvalue weighted by Gasteiger charge is 2.36. The summed E-state index contributed by atoms with van der Waals surface area (Å²) in [4.78, 5) is 40.2. The molecule has 152 valence electrons. The van der Waals surface area contributed by atoms with Gasteiger partial charge in [-0.1, -0.05) is 0 Å². The third-order valence-electron chi connectivity index (χ3n) is 5.83. The molecule has 2 fully saturated rings. The summed E-state index contributed by atoms with van der Waals surface area (Å²) < 4.78 is 5.16. The number of rotatable bonds is 5. The Morgan fingerprint density at radius 3 is 2.54 bits per heavy atom. The van der Waals surface area contributed by atoms with E-state index in [0.29, 0.717) is 56.5 Å². The Morgan fingerprint density at radius 2 is 1.86 bits per heavy atom. The molecule has 3 rings (SSSR count). The minimum absolute atomic E-state index is 0.0409. The monoisotopic (exact) mass is 387 g/mol. The summed E-state index contributed by atoms with van der Waals surface area (Å²) in [6, 6.07) is 7.20. The van der Waals surface area contributed by atoms with Crippen molar-refractivity contribution < 1.29 is 19.1 Å². The first-order valence-corrected chi connectivity index (χ1v) is 9.93. The number of carbonyl (C=O) groups is 3. The van der Waals surface area contributed by atoms with E-state index in [1.165, 1.54) is 6.92 Å². The van der Waals surface area contributed by atoms with Gasteiger partial charge in [0.2, 0.25) is 11.8 Å². The number of hydrogen-bond donors (Lipinski definition) is 1. The van der Waals surface area contributed by atoms with Crippen LogP contribution in [0.2, 0.25) is 0 Å². The Morgan fingerprint density at radius 1 is 1.14 bits per heavy atom. The van der Waals surface area contributed by atoms with Crippen molar-refractivity contribution in [2.24, 2.45) is 11.8 Å². The molecule has 7 heteroatoms. The molecule has 7 nitrogen and oxygen atoms in total. The maximum absolute atomic E-state index is 12.9. The Balaban J connectivity index is 1.58. The molecule has 3 amide bonds. The van der Waals surface area contributed by atoms with Gasteiger partial charge in [0.1, 0.15) is 5.75 Å². The molecule has 2 saturated heterocycles. The second-order valence-electron chi connectivity index (χ2n) is 7.65. The second-order valence-corrected chi connectivity index (χ2v) is 7.65. The van der Waals surface area contributed by atoms with Crippen LogP contribution in [-0.2, 0) is 9.59 Å². The van der Waals surface area contributed by atoms with Gasteiger partial charge in [-0.2, -0.15) is 0 Å². The van der Waals surface area contributed by atoms with E-state index in [4.69, 9.17) is 4.74 Å². The third kappa shape index (κ3) is 4.82. The molecule has 1 aromatic rings. The molecular formula is C21H29N3O4. The maximum Gasteiger partial charge on any atom is 0.253 e. The van der Waals surface area contributed by atoms with E-state index >= 15 is 0 Å². The first-order chi connectivity index (χ1) is 13.5. The van der Waals surface area contributed by atoms with Gasteiger partial charge in [-0.15, -0.1) is 0 Å². The lowest BCUT2D eigenvalue weighted by atomic mass is 9.82. The number of fused-ring (bicyclic) bond motifs is 1. The molecule has 0 aliphatic carbocycles. The normalized spacial score (nSPS) is 22.3. The number of nitrogens with zero attached hydrogens (tertiary/aromatic N) is 2. The quantitative estimate of drug-likeness (QED) is 0.831. The van der Waals surface area contributed by atoms with Gasteiger partial charge in [-0.25, -0.2) is 0 Å². The predicted octanol–water partition coefficient (Wildman–Crippen LogP) is 1.53. The van der Waals surface area contributed by atoms with E-state index in [-0.39, 0.29) is 17.7 Å². The fourth-order valence-electron chi connectivity index (χ4n) is 4.18. The largest absolute Gasteiger partial charge is 0.497 e. The van der Waals surface area contributed by atoms with Crippen LogP contribution in [0.1, 0.15) is 36.5 Å². The number of piperidine rings is 1. The highest BCUT2D eigenvalue weighted by Crippen LogP contribution is 2.33. The number of benzene rings is 1. The summed E-state index contributed by atoms with van der Waals surface area (Å²) in [6.07, 6.45) is 2.29. The average molecular weight is 387 g/mol. The van der Waals surface area contributed by atoms with Gasteiger partial charge in [-0.3, -0.25) is 14.4 Å². The molecule has 2 aliphatic rings. The van der Waals surface area contributed by atoms with Gasteiger partial charge in [0.25, 0.3) is 5.91 Å². The molecule has 2 heterocycles. The minimum Gasteiger partial charge on any atom is -0.497 e. The highest BCUT2D eigenvalue weighted by molar-refractivity contribution is 5.94. The van der Waals surface area contributed by atoms with Crippen LogP contribution in [0.15, 0.2) is 24.3 Å². The van der Waals surface area contributed by atoms with Crippen LogP contribution in [0.4, 0.5) is 0 Å². The van der Waals surface area contributed by atoms with Crippen molar-refractivity contribution in [3.05, 3.63) is 29.8 Å². The predicted molar refractivity (Wildman–Crippen MR) is 105 cm³/mol. The van der Waals surface area contributed by atoms with Crippen LogP contribution in [-0.4, -0.2) is 67.4 Å². The Bertz CT molecular complexity index is 719. The van der Waals surface area contributed by atoms with Crippen molar-refractivity contribution in [2.75, 3.05) is 39.8 Å². The number of methoxy groups -OCH3 is 1. The second kappa shape index (κ2) is 9.08. The standard InChI is InChI=1S/C21H29N3O4/c1-15(25)22-9-12-23-10-8-18-14-24(11-7-17(18)13-20(23)26)21(27)16-3-5-19(28-2)6-4-16/h3-6,17-18H,7-14H2,1-2H3,(H,22,25)/t17-,18-/m0/s1. The Labute approximate surface area is 166 Å². The van der Waals surface area contributed by atoms with Crippen LogP contribution >= 0.6 is 0 Å². The van der Waals surface area contributed by atoms with E-state index in [1.807, 2.05) is 9.80 Å². The zero-order valence-corrected chi connectivity index (χ0v) is 16.6. The van der Waals surface area contributed by atoms with Crippen molar-refractivity contribution in [1.82, 2.24) is 15.1 Å². The van der Waals surface area contributed by atoms with Crippen molar-refractivity contribution in [3.8, 4) is 5.75 Å². The lowest BCUT2D eigenvalue weighted by Crippen LogP contribution is -2.43. The van der Waals surface area contributed by atoms with Crippen molar-refractivity contribution in [3.63, 3.8) is 0 Å². The molecule has 0 unspecified atom stereocenters. The van der Waals surface area contributed by atoms with E-state index < -0.39 is 0 Å². The van der Waals surface area contributed by atoms with Gasteiger partial charge >= 0.3 is 0 Å². The van der Waals surface area contributed by atoms with Gasteiger partial charge in [0, 0.05) is 51.6 Å². The first-order valence-electron chi connectivity index (χ1n) is 9.93. The van der Waals surface area contributed by atoms with Crippen LogP contribution in [0.25, 0.3) is 0 Å². The van der Waals surface area contributed by atoms with Gasteiger partial charge in [-0.05, 0) is 48.9 Å². The van der Waals surface area contributed by atoms with E-state index in [9.17, 15) is 14.4 Å². The van der Waals surface area contributed by atoms with Gasteiger partial charge in [0.15, 0.2) is 0 Å². The van der Waals surface area contributed by atoms with Crippen LogP contribution in [0, 0.1) is 11.8 Å². The number of amides is 3. The van der Waals surface area contributed by atoms with Crippen LogP contribution in [0.3, 0.4) is 0 Å². The molecule has 2 aliphatic heterocycles. The van der Waals surface area contributed by atoms with Crippen LogP contribution in [0.5, 0.6) is 5.75 Å². The molecule has 0 spiro atoms. The molecule has 1 aromatic carbocycles. The topological polar surface area (TPSA) is 79.0 Å². The summed E-state index contributed by atoms with van der Waals surface area (Å²) in [6.45, 7) is 4.58. The molecule has 28 heavy (non-hydrogen) atoms. The lowest BCUT2D eigenvalue weighted by molar-refractivity contribution is -0.132. The molecular weight excluding hydrogens is 358 g/mol. The molecule has 0 aromatic heterocycles. The summed E-state index contributed by atoms with van der Waals surface area (Å²) in [5, 5.41) is 2.75. The zero-order chi connectivity index (χ0) is 20.1. The SMILES string of the molecule is COc1ccc(C(=O)N2CC[C@H]3CC(=O)N(CCNC(C)=O)CC[C@H]3C2)cc1. The average Bonchev–Trinajstić information content (AvgIpc) is 2.85. The van der Waals surface area contributed by atoms with E-state index in [1.54, 1.807) is 31.4 Å². The fourth-order valence-corrected chi connectivity index (χ4v) is 4.18. The summed E-state index contributed by atoms with van der Waals surface area (Å²) in [5.41, 5.74) is 0.667. The maximum atomic E-state index is 12.9. The Kier molecular flexibility index (Phi) is 6.54. The number of nitrogens with one attached hydrogen (secondary N) is 1. The number of carbonyl (C=O) groups excluding carboxylic acids is 3. The first kappa shape index (κ1) is 20.2. The van der Waals surface area contributed by atoms with Gasteiger partial charge in [0.05, 0.1) is 7.11 Å². The fraction of sp³-hybridized carbons (Fsp3) is 0.571. The molecule has 0 radical (unpaired) electrons. The molecule has 2 atom stereocenters. The van der Waals surface area contributed by atoms with E-state index in [2.05, 4.69) is 5.32 Å². The van der Waals surface area contributed by atoms with Gasteiger partial charge < -0.3 is 19.9 Å². The molecule has 0 bridgehead atoms. The Hall–Kier alpha value is -2.57. The highest BCUT2D eigenvalue weighted by atomic mass is 16.5. The summed E-state index contributed by atoms with van der Waals surface area (Å²) in [7, 11) is 1.61. The summed E-state index contributed by atoms with van der Waals surface area (Å²) >= 11 is 0. The number of ether oxygens (including phenoxy) is 1. The lowest BCUT2D eigenvalue weighted by Gasteiger charge is -2.37.